The van der Waals surface area contributed by atoms with Crippen molar-refractivity contribution in [2.75, 3.05) is 0 Å². The van der Waals surface area contributed by atoms with E-state index in [9.17, 15) is 0 Å². The molecule has 0 saturated carbocycles. The zero-order valence-corrected chi connectivity index (χ0v) is 13.5. The van der Waals surface area contributed by atoms with Crippen LogP contribution in [0.15, 0.2) is 41.5 Å². The Kier molecular flexibility index (Phi) is 3.31. The molecular weight excluding hydrogens is 240 g/mol. The molecule has 0 N–H and O–H groups in total. The molecule has 0 spiro atoms. The van der Waals surface area contributed by atoms with E-state index in [2.05, 4.69) is 58.0 Å². The van der Waals surface area contributed by atoms with E-state index in [0.717, 1.165) is 5.92 Å². The maximum atomic E-state index is 2.46. The van der Waals surface area contributed by atoms with Gasteiger partial charge in [0.15, 0.2) is 0 Å². The molecule has 0 radical (unpaired) electrons. The number of rotatable bonds is 2. The Labute approximate surface area is 124 Å². The largest absolute Gasteiger partial charge is 0.0645 e. The normalized spacial score (nSPS) is 24.8. The second-order valence-electron chi connectivity index (χ2n) is 8.19. The van der Waals surface area contributed by atoms with E-state index in [4.69, 9.17) is 0 Å². The molecule has 0 bridgehead atoms. The van der Waals surface area contributed by atoms with E-state index in [1.165, 1.54) is 37.7 Å². The molecule has 0 heteroatoms. The van der Waals surface area contributed by atoms with Crippen LogP contribution in [0.1, 0.15) is 58.9 Å². The predicted molar refractivity (Wildman–Crippen MR) is 86.7 cm³/mol. The Bertz CT molecular complexity index is 488. The minimum Gasteiger partial charge on any atom is -0.0645 e. The zero-order chi connectivity index (χ0) is 14.4. The van der Waals surface area contributed by atoms with Gasteiger partial charge in [-0.2, -0.15) is 0 Å². The summed E-state index contributed by atoms with van der Waals surface area (Å²) in [6.07, 6.45) is 6.63. The van der Waals surface area contributed by atoms with Crippen LogP contribution in [0.2, 0.25) is 0 Å². The molecule has 1 aromatic rings. The molecule has 0 heterocycles. The smallest absolute Gasteiger partial charge is 0.0141 e. The number of benzene rings is 1. The lowest BCUT2D eigenvalue weighted by atomic mass is 9.64. The van der Waals surface area contributed by atoms with Gasteiger partial charge >= 0.3 is 0 Å². The van der Waals surface area contributed by atoms with Gasteiger partial charge in [0.1, 0.15) is 0 Å². The van der Waals surface area contributed by atoms with Crippen LogP contribution in [0.5, 0.6) is 0 Å². The Hall–Kier alpha value is -1.04. The van der Waals surface area contributed by atoms with Gasteiger partial charge in [-0.25, -0.2) is 0 Å². The van der Waals surface area contributed by atoms with Gasteiger partial charge in [-0.15, -0.1) is 0 Å². The van der Waals surface area contributed by atoms with Crippen LogP contribution in [0.3, 0.4) is 0 Å². The van der Waals surface area contributed by atoms with Crippen molar-refractivity contribution >= 4 is 0 Å². The fourth-order valence-electron chi connectivity index (χ4n) is 4.28. The van der Waals surface area contributed by atoms with Gasteiger partial charge in [0, 0.05) is 0 Å². The Morgan fingerprint density at radius 2 is 1.35 bits per heavy atom. The van der Waals surface area contributed by atoms with Crippen molar-refractivity contribution in [1.29, 1.82) is 0 Å². The SMILES string of the molecule is CC1(C)CCC(C)(C)C2=C1CC(Cc1ccccc1)C2. The summed E-state index contributed by atoms with van der Waals surface area (Å²) in [7, 11) is 0. The summed E-state index contributed by atoms with van der Waals surface area (Å²) >= 11 is 0. The van der Waals surface area contributed by atoms with Gasteiger partial charge in [0.2, 0.25) is 0 Å². The maximum absolute atomic E-state index is 2.46. The summed E-state index contributed by atoms with van der Waals surface area (Å²) in [4.78, 5) is 0. The van der Waals surface area contributed by atoms with Crippen LogP contribution >= 0.6 is 0 Å². The van der Waals surface area contributed by atoms with Gasteiger partial charge in [0.25, 0.3) is 0 Å². The Balaban J connectivity index is 1.80. The molecule has 3 rings (SSSR count). The average Bonchev–Trinajstić information content (AvgIpc) is 2.83. The van der Waals surface area contributed by atoms with E-state index in [-0.39, 0.29) is 0 Å². The van der Waals surface area contributed by atoms with Gasteiger partial charge in [0.05, 0.1) is 0 Å². The topological polar surface area (TPSA) is 0 Å². The number of hydrogen-bond acceptors (Lipinski definition) is 0. The van der Waals surface area contributed by atoms with Gasteiger partial charge in [-0.3, -0.25) is 0 Å². The summed E-state index contributed by atoms with van der Waals surface area (Å²) in [6, 6.07) is 11.0. The lowest BCUT2D eigenvalue weighted by molar-refractivity contribution is 0.262. The van der Waals surface area contributed by atoms with Crippen LogP contribution in [-0.2, 0) is 6.42 Å². The molecule has 108 valence electrons. The van der Waals surface area contributed by atoms with E-state index in [0.29, 0.717) is 10.8 Å². The van der Waals surface area contributed by atoms with Crippen molar-refractivity contribution in [3.63, 3.8) is 0 Å². The second kappa shape index (κ2) is 4.76. The zero-order valence-electron chi connectivity index (χ0n) is 13.5. The molecule has 2 aliphatic carbocycles. The fourth-order valence-corrected chi connectivity index (χ4v) is 4.28. The van der Waals surface area contributed by atoms with Crippen molar-refractivity contribution in [3.05, 3.63) is 47.0 Å². The Morgan fingerprint density at radius 3 is 1.85 bits per heavy atom. The third kappa shape index (κ3) is 2.45. The van der Waals surface area contributed by atoms with Crippen molar-refractivity contribution in [2.24, 2.45) is 16.7 Å². The summed E-state index contributed by atoms with van der Waals surface area (Å²) in [6.45, 7) is 9.84. The summed E-state index contributed by atoms with van der Waals surface area (Å²) in [5.74, 6) is 0.832. The number of hydrogen-bond donors (Lipinski definition) is 0. The summed E-state index contributed by atoms with van der Waals surface area (Å²) < 4.78 is 0. The summed E-state index contributed by atoms with van der Waals surface area (Å²) in [5.41, 5.74) is 5.99. The van der Waals surface area contributed by atoms with Crippen molar-refractivity contribution in [2.45, 2.75) is 59.8 Å². The Morgan fingerprint density at radius 1 is 0.850 bits per heavy atom. The second-order valence-corrected chi connectivity index (χ2v) is 8.19. The molecular formula is C20H28. The van der Waals surface area contributed by atoms with Gasteiger partial charge in [-0.05, 0) is 54.4 Å². The van der Waals surface area contributed by atoms with E-state index in [1.807, 2.05) is 0 Å². The van der Waals surface area contributed by atoms with Gasteiger partial charge in [-0.1, -0.05) is 69.2 Å². The third-order valence-electron chi connectivity index (χ3n) is 5.73. The average molecular weight is 268 g/mol. The molecule has 0 atom stereocenters. The molecule has 0 nitrogen and oxygen atoms in total. The highest BCUT2D eigenvalue weighted by molar-refractivity contribution is 5.34. The lowest BCUT2D eigenvalue weighted by Crippen LogP contribution is -2.28. The molecule has 2 aliphatic rings. The van der Waals surface area contributed by atoms with E-state index >= 15 is 0 Å². The van der Waals surface area contributed by atoms with Crippen LogP contribution in [0.4, 0.5) is 0 Å². The highest BCUT2D eigenvalue weighted by atomic mass is 14.5. The monoisotopic (exact) mass is 268 g/mol. The summed E-state index contributed by atoms with van der Waals surface area (Å²) in [5, 5.41) is 0. The molecule has 1 aromatic carbocycles. The fraction of sp³-hybridized carbons (Fsp3) is 0.600. The minimum absolute atomic E-state index is 0.441. The third-order valence-corrected chi connectivity index (χ3v) is 5.73. The first-order valence-electron chi connectivity index (χ1n) is 8.15. The first kappa shape index (κ1) is 13.9. The van der Waals surface area contributed by atoms with Crippen molar-refractivity contribution in [3.8, 4) is 0 Å². The molecule has 0 aromatic heterocycles. The van der Waals surface area contributed by atoms with Crippen LogP contribution in [0.25, 0.3) is 0 Å². The van der Waals surface area contributed by atoms with Crippen molar-refractivity contribution in [1.82, 2.24) is 0 Å². The van der Waals surface area contributed by atoms with Crippen LogP contribution in [0, 0.1) is 16.7 Å². The molecule has 0 aliphatic heterocycles. The quantitative estimate of drug-likeness (QED) is 0.596. The highest BCUT2D eigenvalue weighted by Gasteiger charge is 2.43. The van der Waals surface area contributed by atoms with Gasteiger partial charge < -0.3 is 0 Å². The first-order chi connectivity index (χ1) is 9.38. The van der Waals surface area contributed by atoms with E-state index in [1.54, 1.807) is 11.1 Å². The molecule has 0 unspecified atom stereocenters. The first-order valence-corrected chi connectivity index (χ1v) is 8.15. The highest BCUT2D eigenvalue weighted by Crippen LogP contribution is 2.56. The molecule has 20 heavy (non-hydrogen) atoms. The van der Waals surface area contributed by atoms with Crippen LogP contribution < -0.4 is 0 Å². The predicted octanol–water partition coefficient (Wildman–Crippen LogP) is 5.78. The molecule has 0 saturated heterocycles. The molecule has 0 fully saturated rings. The lowest BCUT2D eigenvalue weighted by Gasteiger charge is -2.41. The van der Waals surface area contributed by atoms with E-state index < -0.39 is 0 Å². The number of allylic oxidation sites excluding steroid dienone is 2. The van der Waals surface area contributed by atoms with Crippen molar-refractivity contribution < 1.29 is 0 Å². The molecule has 0 amide bonds. The standard InChI is InChI=1S/C20H28/c1-19(2)10-11-20(3,4)18-14-16(13-17(18)19)12-15-8-6-5-7-9-15/h5-9,16H,10-14H2,1-4H3. The minimum atomic E-state index is 0.441. The van der Waals surface area contributed by atoms with Crippen LogP contribution in [-0.4, -0.2) is 0 Å². The maximum Gasteiger partial charge on any atom is -0.0141 e.